The van der Waals surface area contributed by atoms with Crippen LogP contribution in [0.3, 0.4) is 0 Å². The second-order valence-corrected chi connectivity index (χ2v) is 9.48. The number of hydrogen-bond acceptors (Lipinski definition) is 3. The number of epoxide rings is 1. The zero-order valence-electron chi connectivity index (χ0n) is 14.6. The maximum Gasteiger partial charge on any atom is 0.205 e. The summed E-state index contributed by atoms with van der Waals surface area (Å²) in [6.07, 6.45) is 6.70. The van der Waals surface area contributed by atoms with Gasteiger partial charge in [-0.2, -0.15) is 0 Å². The summed E-state index contributed by atoms with van der Waals surface area (Å²) < 4.78 is 6.12. The fourth-order valence-electron chi connectivity index (χ4n) is 7.48. The van der Waals surface area contributed by atoms with Crippen molar-refractivity contribution in [1.82, 2.24) is 0 Å². The second-order valence-electron chi connectivity index (χ2n) is 9.48. The standard InChI is InChI=1S/C20H27NO3/c1-18-8-7-13-11(12(18)4-5-15(18)22)6-9-20-17(24-20)16(23)14(21-3)10-19(13,20)2/h11-13,15,17,22-23H,4-10H2,1-2H3/t11-,12-,13-,15-,17+,18-,19+,20+/m0/s1. The molecular formula is C20H27NO3. The van der Waals surface area contributed by atoms with Crippen LogP contribution in [0.4, 0.5) is 0 Å². The molecule has 5 aliphatic rings. The minimum atomic E-state index is -0.233. The van der Waals surface area contributed by atoms with Crippen molar-refractivity contribution >= 4 is 0 Å². The van der Waals surface area contributed by atoms with E-state index in [0.717, 1.165) is 38.5 Å². The molecule has 0 amide bonds. The van der Waals surface area contributed by atoms with Crippen molar-refractivity contribution in [2.75, 3.05) is 0 Å². The third kappa shape index (κ3) is 1.48. The van der Waals surface area contributed by atoms with E-state index in [2.05, 4.69) is 18.7 Å². The molecule has 24 heavy (non-hydrogen) atoms. The van der Waals surface area contributed by atoms with Crippen molar-refractivity contribution < 1.29 is 14.9 Å². The van der Waals surface area contributed by atoms with Crippen LogP contribution in [0.1, 0.15) is 58.8 Å². The summed E-state index contributed by atoms with van der Waals surface area (Å²) in [5.41, 5.74) is 0.344. The highest BCUT2D eigenvalue weighted by atomic mass is 16.6. The first-order chi connectivity index (χ1) is 11.4. The molecule has 0 aromatic carbocycles. The molecule has 4 aliphatic carbocycles. The number of nitrogens with zero attached hydrogens (tertiary/aromatic N) is 1. The fourth-order valence-corrected chi connectivity index (χ4v) is 7.48. The van der Waals surface area contributed by atoms with Gasteiger partial charge in [-0.3, -0.25) is 0 Å². The number of rotatable bonds is 0. The highest BCUT2D eigenvalue weighted by Crippen LogP contribution is 2.73. The van der Waals surface area contributed by atoms with Crippen molar-refractivity contribution in [3.63, 3.8) is 0 Å². The minimum absolute atomic E-state index is 0.0401. The summed E-state index contributed by atoms with van der Waals surface area (Å²) in [5.74, 6) is 1.99. The molecule has 0 bridgehead atoms. The third-order valence-corrected chi connectivity index (χ3v) is 8.93. The topological polar surface area (TPSA) is 57.3 Å². The Kier molecular flexibility index (Phi) is 2.77. The van der Waals surface area contributed by atoms with Gasteiger partial charge in [-0.1, -0.05) is 13.8 Å². The average Bonchev–Trinajstić information content (AvgIpc) is 3.23. The number of aliphatic hydroxyl groups is 2. The number of aliphatic hydroxyl groups excluding tert-OH is 2. The van der Waals surface area contributed by atoms with Gasteiger partial charge < -0.3 is 14.9 Å². The molecule has 8 atom stereocenters. The van der Waals surface area contributed by atoms with E-state index in [1.165, 1.54) is 0 Å². The van der Waals surface area contributed by atoms with E-state index in [-0.39, 0.29) is 34.4 Å². The van der Waals surface area contributed by atoms with E-state index in [9.17, 15) is 10.2 Å². The Morgan fingerprint density at radius 1 is 1.12 bits per heavy atom. The van der Waals surface area contributed by atoms with Gasteiger partial charge in [-0.05, 0) is 73.5 Å². The molecular weight excluding hydrogens is 302 g/mol. The number of fused-ring (bicyclic) bond motifs is 4. The maximum atomic E-state index is 10.5. The minimum Gasteiger partial charge on any atom is -0.521 e. The molecule has 3 saturated carbocycles. The summed E-state index contributed by atoms with van der Waals surface area (Å²) in [6.45, 7) is 12.1. The van der Waals surface area contributed by atoms with Crippen molar-refractivity contribution in [3.8, 4) is 0 Å². The summed E-state index contributed by atoms with van der Waals surface area (Å²) in [6, 6.07) is 0. The molecule has 4 fully saturated rings. The first kappa shape index (κ1) is 15.2. The molecule has 1 saturated heterocycles. The molecule has 0 aromatic heterocycles. The van der Waals surface area contributed by atoms with Crippen LogP contribution in [0.25, 0.3) is 4.85 Å². The third-order valence-electron chi connectivity index (χ3n) is 8.93. The zero-order chi connectivity index (χ0) is 16.9. The van der Waals surface area contributed by atoms with Crippen LogP contribution in [0.15, 0.2) is 11.5 Å². The van der Waals surface area contributed by atoms with E-state index in [1.54, 1.807) is 0 Å². The highest BCUT2D eigenvalue weighted by Gasteiger charge is 2.76. The highest BCUT2D eigenvalue weighted by molar-refractivity contribution is 5.38. The van der Waals surface area contributed by atoms with Gasteiger partial charge in [-0.25, -0.2) is 4.85 Å². The van der Waals surface area contributed by atoms with Crippen LogP contribution in [0.2, 0.25) is 0 Å². The Morgan fingerprint density at radius 2 is 1.92 bits per heavy atom. The molecule has 1 aliphatic heterocycles. The quantitative estimate of drug-likeness (QED) is 0.525. The van der Waals surface area contributed by atoms with Crippen LogP contribution in [-0.2, 0) is 4.74 Å². The Labute approximate surface area is 143 Å². The maximum absolute atomic E-state index is 10.5. The van der Waals surface area contributed by atoms with Crippen molar-refractivity contribution in [1.29, 1.82) is 0 Å². The van der Waals surface area contributed by atoms with Crippen molar-refractivity contribution in [3.05, 3.63) is 22.9 Å². The van der Waals surface area contributed by atoms with Crippen molar-refractivity contribution in [2.24, 2.45) is 28.6 Å². The molecule has 4 nitrogen and oxygen atoms in total. The first-order valence-corrected chi connectivity index (χ1v) is 9.53. The lowest BCUT2D eigenvalue weighted by Gasteiger charge is -2.59. The second kappa shape index (κ2) is 4.37. The Morgan fingerprint density at radius 3 is 2.67 bits per heavy atom. The van der Waals surface area contributed by atoms with Crippen LogP contribution < -0.4 is 0 Å². The number of allylic oxidation sites excluding steroid dienone is 1. The van der Waals surface area contributed by atoms with Gasteiger partial charge >= 0.3 is 0 Å². The van der Waals surface area contributed by atoms with Crippen molar-refractivity contribution in [2.45, 2.75) is 76.6 Å². The van der Waals surface area contributed by atoms with Crippen LogP contribution >= 0.6 is 0 Å². The number of ether oxygens (including phenoxy) is 1. The van der Waals surface area contributed by atoms with Gasteiger partial charge in [-0.15, -0.1) is 0 Å². The lowest BCUT2D eigenvalue weighted by Crippen LogP contribution is -2.57. The molecule has 130 valence electrons. The lowest BCUT2D eigenvalue weighted by molar-refractivity contribution is -0.116. The first-order valence-electron chi connectivity index (χ1n) is 9.53. The fraction of sp³-hybridized carbons (Fsp3) is 0.850. The summed E-state index contributed by atoms with van der Waals surface area (Å²) in [4.78, 5) is 3.63. The predicted octanol–water partition coefficient (Wildman–Crippen LogP) is 3.82. The molecule has 0 unspecified atom stereocenters. The Hall–Kier alpha value is -1.05. The van der Waals surface area contributed by atoms with Gasteiger partial charge in [0, 0.05) is 0 Å². The molecule has 0 aromatic rings. The Bertz CT molecular complexity index is 681. The molecule has 1 heterocycles. The van der Waals surface area contributed by atoms with Crippen LogP contribution in [0.5, 0.6) is 0 Å². The molecule has 2 N–H and O–H groups in total. The Balaban J connectivity index is 1.55. The SMILES string of the molecule is [C-]#[N+]C1=C(O)[C@H]2O[C@]23CC[C@H]2[C@@H]4CC[C@H](O)[C@@]4(C)CC[C@@H]2[C@@]3(C)C1. The van der Waals surface area contributed by atoms with E-state index < -0.39 is 0 Å². The zero-order valence-corrected chi connectivity index (χ0v) is 14.6. The smallest absolute Gasteiger partial charge is 0.205 e. The van der Waals surface area contributed by atoms with E-state index in [0.29, 0.717) is 29.9 Å². The normalized spacial score (nSPS) is 58.2. The van der Waals surface area contributed by atoms with Gasteiger partial charge in [0.15, 0.2) is 0 Å². The van der Waals surface area contributed by atoms with E-state index in [1.807, 2.05) is 0 Å². The molecule has 5 rings (SSSR count). The summed E-state index contributed by atoms with van der Waals surface area (Å²) >= 11 is 0. The molecule has 4 heteroatoms. The van der Waals surface area contributed by atoms with Gasteiger partial charge in [0.05, 0.1) is 12.7 Å². The lowest BCUT2D eigenvalue weighted by atomic mass is 9.45. The number of hydrogen-bond donors (Lipinski definition) is 2. The monoisotopic (exact) mass is 329 g/mol. The molecule has 1 spiro atoms. The van der Waals surface area contributed by atoms with Crippen LogP contribution in [0, 0.1) is 35.2 Å². The predicted molar refractivity (Wildman–Crippen MR) is 88.9 cm³/mol. The summed E-state index contributed by atoms with van der Waals surface area (Å²) in [7, 11) is 0. The van der Waals surface area contributed by atoms with Gasteiger partial charge in [0.1, 0.15) is 17.5 Å². The van der Waals surface area contributed by atoms with E-state index in [4.69, 9.17) is 11.3 Å². The largest absolute Gasteiger partial charge is 0.521 e. The van der Waals surface area contributed by atoms with Gasteiger partial charge in [0.2, 0.25) is 5.70 Å². The summed E-state index contributed by atoms with van der Waals surface area (Å²) in [5, 5.41) is 20.9. The molecule has 0 radical (unpaired) electrons. The van der Waals surface area contributed by atoms with Crippen LogP contribution in [-0.4, -0.2) is 28.0 Å². The van der Waals surface area contributed by atoms with E-state index >= 15 is 0 Å². The average molecular weight is 329 g/mol. The van der Waals surface area contributed by atoms with Gasteiger partial charge in [0.25, 0.3) is 0 Å².